The largest absolute Gasteiger partial charge is 0.449 e. The first-order valence-corrected chi connectivity index (χ1v) is 11.7. The van der Waals surface area contributed by atoms with Crippen LogP contribution in [0.2, 0.25) is 5.02 Å². The Labute approximate surface area is 199 Å². The normalized spacial score (nSPS) is 17.9. The molecule has 1 saturated heterocycles. The number of carbonyl (C=O) groups is 2. The van der Waals surface area contributed by atoms with Crippen LogP contribution in [-0.4, -0.2) is 67.4 Å². The fraction of sp³-hybridized carbons (Fsp3) is 0.360. The van der Waals surface area contributed by atoms with Gasteiger partial charge in [0.15, 0.2) is 11.5 Å². The SMILES string of the molecule is CCN1CCN(CCCNC(=O)c2ccc3c(c2)NC(=O)C(=Cc2cccc(Cl)c2)O3)CC1. The van der Waals surface area contributed by atoms with E-state index in [1.54, 1.807) is 42.5 Å². The minimum Gasteiger partial charge on any atom is -0.449 e. The quantitative estimate of drug-likeness (QED) is 0.481. The van der Waals surface area contributed by atoms with Crippen LogP contribution in [0.15, 0.2) is 48.2 Å². The number of ether oxygens (including phenoxy) is 1. The van der Waals surface area contributed by atoms with Gasteiger partial charge in [-0.3, -0.25) is 9.59 Å². The second-order valence-electron chi connectivity index (χ2n) is 8.22. The molecule has 2 aliphatic heterocycles. The van der Waals surface area contributed by atoms with E-state index in [-0.39, 0.29) is 17.6 Å². The molecule has 2 amide bonds. The molecule has 174 valence electrons. The molecule has 2 aromatic rings. The molecule has 0 bridgehead atoms. The topological polar surface area (TPSA) is 73.9 Å². The maximum absolute atomic E-state index is 12.6. The minimum atomic E-state index is -0.372. The predicted octanol–water partition coefficient (Wildman–Crippen LogP) is 3.47. The summed E-state index contributed by atoms with van der Waals surface area (Å²) in [4.78, 5) is 30.0. The van der Waals surface area contributed by atoms with Crippen molar-refractivity contribution in [2.45, 2.75) is 13.3 Å². The van der Waals surface area contributed by atoms with Gasteiger partial charge in [0.1, 0.15) is 0 Å². The maximum Gasteiger partial charge on any atom is 0.291 e. The first-order chi connectivity index (χ1) is 16.0. The van der Waals surface area contributed by atoms with Crippen molar-refractivity contribution in [3.63, 3.8) is 0 Å². The summed E-state index contributed by atoms with van der Waals surface area (Å²) in [5.74, 6) is 0.124. The highest BCUT2D eigenvalue weighted by Gasteiger charge is 2.23. The average Bonchev–Trinajstić information content (AvgIpc) is 2.82. The summed E-state index contributed by atoms with van der Waals surface area (Å²) >= 11 is 6.01. The fourth-order valence-corrected chi connectivity index (χ4v) is 4.18. The van der Waals surface area contributed by atoms with E-state index in [0.717, 1.165) is 51.3 Å². The molecule has 0 aliphatic carbocycles. The van der Waals surface area contributed by atoms with Crippen LogP contribution >= 0.6 is 11.6 Å². The van der Waals surface area contributed by atoms with E-state index in [9.17, 15) is 9.59 Å². The van der Waals surface area contributed by atoms with Gasteiger partial charge in [0, 0.05) is 43.3 Å². The first-order valence-electron chi connectivity index (χ1n) is 11.4. The lowest BCUT2D eigenvalue weighted by atomic mass is 10.1. The molecule has 2 aliphatic rings. The maximum atomic E-state index is 12.6. The highest BCUT2D eigenvalue weighted by Crippen LogP contribution is 2.32. The summed E-state index contributed by atoms with van der Waals surface area (Å²) in [6.45, 7) is 9.28. The standard InChI is InChI=1S/C25H29ClN4O3/c1-2-29-11-13-30(14-12-29)10-4-9-27-24(31)19-7-8-22-21(17-19)28-25(32)23(33-22)16-18-5-3-6-20(26)15-18/h3,5-8,15-17H,2,4,9-14H2,1H3,(H,27,31)(H,28,32). The third-order valence-corrected chi connectivity index (χ3v) is 6.16. The molecule has 0 atom stereocenters. The molecule has 33 heavy (non-hydrogen) atoms. The van der Waals surface area contributed by atoms with Crippen LogP contribution in [0.4, 0.5) is 5.69 Å². The van der Waals surface area contributed by atoms with Gasteiger partial charge in [0.25, 0.3) is 11.8 Å². The van der Waals surface area contributed by atoms with Crippen LogP contribution in [-0.2, 0) is 4.79 Å². The molecular formula is C25H29ClN4O3. The van der Waals surface area contributed by atoms with Gasteiger partial charge in [0.05, 0.1) is 5.69 Å². The lowest BCUT2D eigenvalue weighted by molar-refractivity contribution is -0.115. The van der Waals surface area contributed by atoms with Crippen molar-refractivity contribution in [2.24, 2.45) is 0 Å². The van der Waals surface area contributed by atoms with Crippen LogP contribution in [0, 0.1) is 0 Å². The summed E-state index contributed by atoms with van der Waals surface area (Å²) in [5, 5.41) is 6.35. The zero-order valence-electron chi connectivity index (χ0n) is 18.8. The summed E-state index contributed by atoms with van der Waals surface area (Å²) in [6, 6.07) is 12.2. The number of likely N-dealkylation sites (N-methyl/N-ethyl adjacent to an activating group) is 1. The van der Waals surface area contributed by atoms with Gasteiger partial charge in [-0.05, 0) is 61.5 Å². The van der Waals surface area contributed by atoms with Gasteiger partial charge in [-0.1, -0.05) is 30.7 Å². The zero-order valence-corrected chi connectivity index (χ0v) is 19.5. The summed E-state index contributed by atoms with van der Waals surface area (Å²) in [6.07, 6.45) is 2.53. The lowest BCUT2D eigenvalue weighted by Crippen LogP contribution is -2.46. The van der Waals surface area contributed by atoms with E-state index in [4.69, 9.17) is 16.3 Å². The molecule has 2 aromatic carbocycles. The summed E-state index contributed by atoms with van der Waals surface area (Å²) in [5.41, 5.74) is 1.72. The number of piperazine rings is 1. The Balaban J connectivity index is 1.30. The van der Waals surface area contributed by atoms with Gasteiger partial charge >= 0.3 is 0 Å². The van der Waals surface area contributed by atoms with Crippen molar-refractivity contribution in [1.29, 1.82) is 0 Å². The second kappa shape index (κ2) is 10.8. The third-order valence-electron chi connectivity index (χ3n) is 5.93. The molecule has 0 unspecified atom stereocenters. The number of fused-ring (bicyclic) bond motifs is 1. The van der Waals surface area contributed by atoms with E-state index < -0.39 is 0 Å². The van der Waals surface area contributed by atoms with Crippen molar-refractivity contribution >= 4 is 35.2 Å². The lowest BCUT2D eigenvalue weighted by Gasteiger charge is -2.33. The Morgan fingerprint density at radius 3 is 2.70 bits per heavy atom. The molecule has 0 spiro atoms. The molecule has 0 saturated carbocycles. The third kappa shape index (κ3) is 6.13. The Bertz CT molecular complexity index is 1050. The van der Waals surface area contributed by atoms with Crippen LogP contribution in [0.5, 0.6) is 5.75 Å². The highest BCUT2D eigenvalue weighted by atomic mass is 35.5. The highest BCUT2D eigenvalue weighted by molar-refractivity contribution is 6.30. The van der Waals surface area contributed by atoms with Gasteiger partial charge in [-0.2, -0.15) is 0 Å². The molecule has 0 aromatic heterocycles. The van der Waals surface area contributed by atoms with Crippen LogP contribution in [0.1, 0.15) is 29.3 Å². The van der Waals surface area contributed by atoms with E-state index >= 15 is 0 Å². The molecular weight excluding hydrogens is 440 g/mol. The van der Waals surface area contributed by atoms with Gasteiger partial charge in [-0.15, -0.1) is 0 Å². The van der Waals surface area contributed by atoms with Crippen molar-refractivity contribution in [2.75, 3.05) is 51.1 Å². The first kappa shape index (κ1) is 23.3. The molecule has 4 rings (SSSR count). The average molecular weight is 469 g/mol. The number of hydrogen-bond donors (Lipinski definition) is 2. The molecule has 8 heteroatoms. The van der Waals surface area contributed by atoms with Gasteiger partial charge in [-0.25, -0.2) is 0 Å². The summed E-state index contributed by atoms with van der Waals surface area (Å²) < 4.78 is 5.77. The van der Waals surface area contributed by atoms with Crippen LogP contribution in [0.3, 0.4) is 0 Å². The van der Waals surface area contributed by atoms with E-state index in [0.29, 0.717) is 28.6 Å². The van der Waals surface area contributed by atoms with E-state index in [2.05, 4.69) is 27.4 Å². The van der Waals surface area contributed by atoms with Gasteiger partial charge < -0.3 is 25.2 Å². The number of benzene rings is 2. The summed E-state index contributed by atoms with van der Waals surface area (Å²) in [7, 11) is 0. The number of halogens is 1. The van der Waals surface area contributed by atoms with E-state index in [1.807, 2.05) is 6.07 Å². The van der Waals surface area contributed by atoms with Crippen molar-refractivity contribution in [3.8, 4) is 5.75 Å². The Hall–Kier alpha value is -2.87. The zero-order chi connectivity index (χ0) is 23.2. The smallest absolute Gasteiger partial charge is 0.291 e. The number of rotatable bonds is 7. The monoisotopic (exact) mass is 468 g/mol. The molecule has 1 fully saturated rings. The number of nitrogens with one attached hydrogen (secondary N) is 2. The Morgan fingerprint density at radius 1 is 1.15 bits per heavy atom. The molecule has 0 radical (unpaired) electrons. The van der Waals surface area contributed by atoms with E-state index in [1.165, 1.54) is 0 Å². The Kier molecular flexibility index (Phi) is 7.65. The van der Waals surface area contributed by atoms with Gasteiger partial charge in [0.2, 0.25) is 0 Å². The van der Waals surface area contributed by atoms with Crippen LogP contribution in [0.25, 0.3) is 6.08 Å². The Morgan fingerprint density at radius 2 is 1.94 bits per heavy atom. The van der Waals surface area contributed by atoms with Crippen LogP contribution < -0.4 is 15.4 Å². The predicted molar refractivity (Wildman–Crippen MR) is 131 cm³/mol. The second-order valence-corrected chi connectivity index (χ2v) is 8.65. The van der Waals surface area contributed by atoms with Crippen molar-refractivity contribution < 1.29 is 14.3 Å². The minimum absolute atomic E-state index is 0.164. The molecule has 7 nitrogen and oxygen atoms in total. The fourth-order valence-electron chi connectivity index (χ4n) is 3.99. The number of hydrogen-bond acceptors (Lipinski definition) is 5. The number of anilines is 1. The molecule has 2 heterocycles. The van der Waals surface area contributed by atoms with Crippen molar-refractivity contribution in [1.82, 2.24) is 15.1 Å². The van der Waals surface area contributed by atoms with Crippen molar-refractivity contribution in [3.05, 3.63) is 64.4 Å². The number of nitrogens with zero attached hydrogens (tertiary/aromatic N) is 2. The number of carbonyl (C=O) groups excluding carboxylic acids is 2. The number of amides is 2. The molecule has 2 N–H and O–H groups in total.